The maximum atomic E-state index is 9.05. The molecule has 0 amide bonds. The van der Waals surface area contributed by atoms with Crippen molar-refractivity contribution >= 4 is 11.8 Å². The van der Waals surface area contributed by atoms with Crippen LogP contribution in [0.25, 0.3) is 0 Å². The Kier molecular flexibility index (Phi) is 4.26. The highest BCUT2D eigenvalue weighted by Crippen LogP contribution is 2.26. The van der Waals surface area contributed by atoms with Crippen LogP contribution in [0, 0.1) is 11.3 Å². The van der Waals surface area contributed by atoms with E-state index < -0.39 is 5.54 Å². The van der Waals surface area contributed by atoms with Crippen LogP contribution in [0.4, 0.5) is 0 Å². The maximum Gasteiger partial charge on any atom is 0.209 e. The van der Waals surface area contributed by atoms with Crippen molar-refractivity contribution < 1.29 is 0 Å². The first-order valence-corrected chi connectivity index (χ1v) is 5.88. The third kappa shape index (κ3) is 3.18. The Balaban J connectivity index is 2.58. The second-order valence-electron chi connectivity index (χ2n) is 3.91. The minimum Gasteiger partial charge on any atom is -0.303 e. The molecule has 6 nitrogen and oxygen atoms in total. The topological polar surface area (TPSA) is 79.4 Å². The summed E-state index contributed by atoms with van der Waals surface area (Å²) in [6.45, 7) is 3.95. The lowest BCUT2D eigenvalue weighted by Gasteiger charge is -2.23. The summed E-state index contributed by atoms with van der Waals surface area (Å²) in [5.41, 5.74) is -0.502. The van der Waals surface area contributed by atoms with Crippen molar-refractivity contribution in [1.82, 2.24) is 25.5 Å². The molecule has 0 bridgehead atoms. The first-order chi connectivity index (χ1) is 7.50. The summed E-state index contributed by atoms with van der Waals surface area (Å²) in [6.07, 6.45) is 0.734. The van der Waals surface area contributed by atoms with Gasteiger partial charge in [-0.05, 0) is 30.8 Å². The number of aryl methyl sites for hydroxylation is 1. The quantitative estimate of drug-likeness (QED) is 0.758. The van der Waals surface area contributed by atoms with Crippen molar-refractivity contribution in [2.24, 2.45) is 7.05 Å². The van der Waals surface area contributed by atoms with Crippen LogP contribution in [0.15, 0.2) is 5.16 Å². The Morgan fingerprint density at radius 2 is 2.38 bits per heavy atom. The predicted molar refractivity (Wildman–Crippen MR) is 61.8 cm³/mol. The van der Waals surface area contributed by atoms with Crippen molar-refractivity contribution in [3.8, 4) is 6.07 Å². The Hall–Kier alpha value is -1.13. The summed E-state index contributed by atoms with van der Waals surface area (Å²) in [5.74, 6) is 0. The van der Waals surface area contributed by atoms with E-state index in [-0.39, 0.29) is 5.25 Å². The number of nitrogens with zero attached hydrogens (tertiary/aromatic N) is 5. The summed E-state index contributed by atoms with van der Waals surface area (Å²) < 4.78 is 1.63. The number of aromatic nitrogens is 4. The van der Waals surface area contributed by atoms with E-state index in [0.717, 1.165) is 11.6 Å². The van der Waals surface area contributed by atoms with Crippen molar-refractivity contribution in [3.05, 3.63) is 0 Å². The molecule has 1 aromatic rings. The fourth-order valence-electron chi connectivity index (χ4n) is 1.32. The van der Waals surface area contributed by atoms with Crippen LogP contribution in [0.3, 0.4) is 0 Å². The molecule has 7 heteroatoms. The fraction of sp³-hybridized carbons (Fsp3) is 0.778. The number of nitriles is 1. The summed E-state index contributed by atoms with van der Waals surface area (Å²) in [4.78, 5) is 0. The van der Waals surface area contributed by atoms with Crippen LogP contribution < -0.4 is 5.32 Å². The van der Waals surface area contributed by atoms with Crippen molar-refractivity contribution in [2.45, 2.75) is 36.2 Å². The van der Waals surface area contributed by atoms with E-state index in [9.17, 15) is 0 Å². The number of hydrogen-bond acceptors (Lipinski definition) is 6. The van der Waals surface area contributed by atoms with Crippen molar-refractivity contribution in [1.29, 1.82) is 5.26 Å². The van der Waals surface area contributed by atoms with Crippen molar-refractivity contribution in [3.63, 3.8) is 0 Å². The Bertz CT molecular complexity index is 384. The van der Waals surface area contributed by atoms with Crippen molar-refractivity contribution in [2.75, 3.05) is 7.05 Å². The standard InChI is InChI=1S/C9H16N6S/c1-7(5-9(2,6-10)11-3)16-8-12-13-14-15(8)4/h7,11H,5H2,1-4H3. The maximum absolute atomic E-state index is 9.05. The normalized spacial score (nSPS) is 16.4. The lowest BCUT2D eigenvalue weighted by molar-refractivity contribution is 0.454. The predicted octanol–water partition coefficient (Wildman–Crippen LogP) is 0.582. The van der Waals surface area contributed by atoms with Gasteiger partial charge in [-0.25, -0.2) is 4.68 Å². The average Bonchev–Trinajstić information content (AvgIpc) is 2.64. The minimum atomic E-state index is -0.502. The van der Waals surface area contributed by atoms with Gasteiger partial charge in [-0.2, -0.15) is 5.26 Å². The Labute approximate surface area is 99.4 Å². The molecule has 1 N–H and O–H groups in total. The smallest absolute Gasteiger partial charge is 0.209 e. The van der Waals surface area contributed by atoms with Gasteiger partial charge >= 0.3 is 0 Å². The molecule has 0 saturated heterocycles. The van der Waals surface area contributed by atoms with Crippen LogP contribution in [0.5, 0.6) is 0 Å². The highest BCUT2D eigenvalue weighted by molar-refractivity contribution is 7.99. The molecule has 0 radical (unpaired) electrons. The molecule has 0 aliphatic carbocycles. The van der Waals surface area contributed by atoms with Gasteiger partial charge in [-0.3, -0.25) is 0 Å². The van der Waals surface area contributed by atoms with Crippen LogP contribution in [-0.4, -0.2) is 38.0 Å². The fourth-order valence-corrected chi connectivity index (χ4v) is 2.37. The molecule has 0 aromatic carbocycles. The SMILES string of the molecule is CNC(C)(C#N)CC(C)Sc1nnnn1C. The Morgan fingerprint density at radius 1 is 1.69 bits per heavy atom. The second kappa shape index (κ2) is 5.27. The van der Waals surface area contributed by atoms with Gasteiger partial charge < -0.3 is 5.32 Å². The zero-order valence-corrected chi connectivity index (χ0v) is 10.7. The number of thioether (sulfide) groups is 1. The number of hydrogen-bond donors (Lipinski definition) is 1. The summed E-state index contributed by atoms with van der Waals surface area (Å²) in [5, 5.41) is 24.3. The molecule has 16 heavy (non-hydrogen) atoms. The van der Waals surface area contributed by atoms with E-state index >= 15 is 0 Å². The third-order valence-corrected chi connectivity index (χ3v) is 3.51. The zero-order chi connectivity index (χ0) is 12.2. The van der Waals surface area contributed by atoms with E-state index in [4.69, 9.17) is 5.26 Å². The molecule has 0 spiro atoms. The molecule has 2 unspecified atom stereocenters. The molecule has 0 fully saturated rings. The van der Waals surface area contributed by atoms with Gasteiger partial charge in [-0.1, -0.05) is 18.7 Å². The number of nitrogens with one attached hydrogen (secondary N) is 1. The van der Waals surface area contributed by atoms with Gasteiger partial charge in [0.05, 0.1) is 6.07 Å². The van der Waals surface area contributed by atoms with Gasteiger partial charge in [0.2, 0.25) is 5.16 Å². The van der Waals surface area contributed by atoms with Gasteiger partial charge in [0.15, 0.2) is 0 Å². The molecule has 0 saturated carbocycles. The summed E-state index contributed by atoms with van der Waals surface area (Å²) in [7, 11) is 3.60. The number of tetrazole rings is 1. The molecule has 1 rings (SSSR count). The molecular weight excluding hydrogens is 224 g/mol. The highest BCUT2D eigenvalue weighted by atomic mass is 32.2. The lowest BCUT2D eigenvalue weighted by Crippen LogP contribution is -2.40. The monoisotopic (exact) mass is 240 g/mol. The molecule has 2 atom stereocenters. The summed E-state index contributed by atoms with van der Waals surface area (Å²) >= 11 is 1.57. The van der Waals surface area contributed by atoms with Gasteiger partial charge in [0.1, 0.15) is 5.54 Å². The molecule has 0 aliphatic rings. The zero-order valence-electron chi connectivity index (χ0n) is 9.93. The molecule has 0 aliphatic heterocycles. The third-order valence-electron chi connectivity index (χ3n) is 2.38. The van der Waals surface area contributed by atoms with E-state index in [1.807, 2.05) is 6.92 Å². The van der Waals surface area contributed by atoms with E-state index in [1.54, 1.807) is 30.5 Å². The average molecular weight is 240 g/mol. The number of rotatable bonds is 5. The molecule has 88 valence electrons. The second-order valence-corrected chi connectivity index (χ2v) is 5.32. The Morgan fingerprint density at radius 3 is 2.81 bits per heavy atom. The molecular formula is C9H16N6S. The van der Waals surface area contributed by atoms with E-state index in [2.05, 4.69) is 33.8 Å². The van der Waals surface area contributed by atoms with Crippen LogP contribution >= 0.6 is 11.8 Å². The first-order valence-electron chi connectivity index (χ1n) is 5.00. The van der Waals surface area contributed by atoms with E-state index in [0.29, 0.717) is 0 Å². The van der Waals surface area contributed by atoms with Crippen LogP contribution in [0.1, 0.15) is 20.3 Å². The van der Waals surface area contributed by atoms with Gasteiger partial charge in [-0.15, -0.1) is 5.10 Å². The molecule has 1 aromatic heterocycles. The van der Waals surface area contributed by atoms with Gasteiger partial charge in [0, 0.05) is 12.3 Å². The molecule has 1 heterocycles. The van der Waals surface area contributed by atoms with Crippen LogP contribution in [0.2, 0.25) is 0 Å². The van der Waals surface area contributed by atoms with Crippen LogP contribution in [-0.2, 0) is 7.05 Å². The largest absolute Gasteiger partial charge is 0.303 e. The van der Waals surface area contributed by atoms with E-state index in [1.165, 1.54) is 0 Å². The summed E-state index contributed by atoms with van der Waals surface area (Å²) in [6, 6.07) is 2.27. The lowest BCUT2D eigenvalue weighted by atomic mass is 9.98. The minimum absolute atomic E-state index is 0.266. The first kappa shape index (κ1) is 12.9. The highest BCUT2D eigenvalue weighted by Gasteiger charge is 2.25. The van der Waals surface area contributed by atoms with Gasteiger partial charge in [0.25, 0.3) is 0 Å².